The summed E-state index contributed by atoms with van der Waals surface area (Å²) in [6.07, 6.45) is 0. The first-order valence-corrected chi connectivity index (χ1v) is 9.39. The summed E-state index contributed by atoms with van der Waals surface area (Å²) in [5.74, 6) is 1.27. The average Bonchev–Trinajstić information content (AvgIpc) is 3.08. The second-order valence-electron chi connectivity index (χ2n) is 7.04. The highest BCUT2D eigenvalue weighted by atomic mass is 16.5. The second kappa shape index (κ2) is 6.66. The highest BCUT2D eigenvalue weighted by Crippen LogP contribution is 2.33. The van der Waals surface area contributed by atoms with Gasteiger partial charge in [-0.05, 0) is 48.9 Å². The number of H-pyrrole nitrogens is 1. The van der Waals surface area contributed by atoms with Crippen LogP contribution in [0.1, 0.15) is 5.56 Å². The number of hydrogen-bond donors (Lipinski definition) is 3. The lowest BCUT2D eigenvalue weighted by Gasteiger charge is -2.11. The predicted octanol–water partition coefficient (Wildman–Crippen LogP) is 4.26. The first kappa shape index (κ1) is 17.8. The number of rotatable bonds is 3. The number of phenolic OH excluding ortho intramolecular Hbond substituents is 1. The number of nitrogen functional groups attached to an aromatic ring is 1. The molecule has 0 atom stereocenters. The van der Waals surface area contributed by atoms with Gasteiger partial charge in [-0.3, -0.25) is 4.79 Å². The Morgan fingerprint density at radius 2 is 1.83 bits per heavy atom. The number of nitrogens with two attached hydrogens (primary N) is 1. The molecule has 0 aliphatic rings. The predicted molar refractivity (Wildman–Crippen MR) is 117 cm³/mol. The van der Waals surface area contributed by atoms with E-state index in [2.05, 4.69) is 10.1 Å². The molecule has 148 valence electrons. The number of anilines is 1. The number of phenols is 1. The first-order chi connectivity index (χ1) is 14.5. The van der Waals surface area contributed by atoms with Crippen LogP contribution < -0.4 is 16.0 Å². The van der Waals surface area contributed by atoms with Crippen molar-refractivity contribution in [1.29, 1.82) is 0 Å². The fraction of sp³-hybridized carbons (Fsp3) is 0.0435. The monoisotopic (exact) mass is 398 g/mol. The molecule has 0 saturated carbocycles. The Kier molecular flexibility index (Phi) is 3.96. The zero-order valence-corrected chi connectivity index (χ0v) is 16.1. The molecule has 2 aromatic heterocycles. The van der Waals surface area contributed by atoms with Crippen molar-refractivity contribution < 1.29 is 9.84 Å². The summed E-state index contributed by atoms with van der Waals surface area (Å²) in [6, 6.07) is 19.7. The molecule has 0 saturated heterocycles. The standard InChI is InChI=1S/C23H18N4O3/c1-13-12-14(30-19-9-5-4-8-18(19)28)10-11-17(13)27-22(24)20-21(26-27)15-6-2-3-7-16(15)25-23(20)29/h2-12,28H,24H2,1H3,(H,25,29). The van der Waals surface area contributed by atoms with Crippen molar-refractivity contribution in [1.82, 2.24) is 14.8 Å². The molecular weight excluding hydrogens is 380 g/mol. The molecule has 0 bridgehead atoms. The van der Waals surface area contributed by atoms with E-state index >= 15 is 0 Å². The lowest BCUT2D eigenvalue weighted by molar-refractivity contribution is 0.411. The van der Waals surface area contributed by atoms with Crippen molar-refractivity contribution in [3.8, 4) is 22.9 Å². The van der Waals surface area contributed by atoms with E-state index in [0.29, 0.717) is 27.9 Å². The van der Waals surface area contributed by atoms with E-state index in [4.69, 9.17) is 10.5 Å². The maximum absolute atomic E-state index is 12.6. The number of hydrogen-bond acceptors (Lipinski definition) is 5. The van der Waals surface area contributed by atoms with E-state index in [1.165, 1.54) is 0 Å². The van der Waals surface area contributed by atoms with Crippen LogP contribution in [0.25, 0.3) is 27.5 Å². The van der Waals surface area contributed by atoms with Crippen LogP contribution in [-0.2, 0) is 0 Å². The van der Waals surface area contributed by atoms with Crippen LogP contribution in [-0.4, -0.2) is 19.9 Å². The maximum atomic E-state index is 12.6. The van der Waals surface area contributed by atoms with E-state index < -0.39 is 0 Å². The molecule has 7 heteroatoms. The summed E-state index contributed by atoms with van der Waals surface area (Å²) in [5.41, 5.74) is 8.91. The molecule has 5 aromatic rings. The Hall–Kier alpha value is -4.26. The van der Waals surface area contributed by atoms with Crippen molar-refractivity contribution >= 4 is 27.6 Å². The number of benzene rings is 3. The third kappa shape index (κ3) is 2.76. The Bertz CT molecular complexity index is 1480. The third-order valence-corrected chi connectivity index (χ3v) is 5.07. The van der Waals surface area contributed by atoms with Crippen LogP contribution in [0.4, 0.5) is 5.82 Å². The number of ether oxygens (including phenoxy) is 1. The van der Waals surface area contributed by atoms with Crippen molar-refractivity contribution in [2.45, 2.75) is 6.92 Å². The molecule has 0 radical (unpaired) electrons. The zero-order valence-electron chi connectivity index (χ0n) is 16.1. The average molecular weight is 398 g/mol. The van der Waals surface area contributed by atoms with Gasteiger partial charge in [-0.2, -0.15) is 5.10 Å². The maximum Gasteiger partial charge on any atom is 0.261 e. The minimum Gasteiger partial charge on any atom is -0.504 e. The minimum absolute atomic E-state index is 0.0629. The molecule has 7 nitrogen and oxygen atoms in total. The third-order valence-electron chi connectivity index (χ3n) is 5.07. The first-order valence-electron chi connectivity index (χ1n) is 9.39. The van der Waals surface area contributed by atoms with E-state index in [-0.39, 0.29) is 17.1 Å². The van der Waals surface area contributed by atoms with Gasteiger partial charge in [0.15, 0.2) is 11.5 Å². The number of pyridine rings is 1. The number of nitrogens with zero attached hydrogens (tertiary/aromatic N) is 2. The van der Waals surface area contributed by atoms with Crippen LogP contribution in [0.3, 0.4) is 0 Å². The van der Waals surface area contributed by atoms with E-state index in [9.17, 15) is 9.90 Å². The fourth-order valence-electron chi connectivity index (χ4n) is 3.61. The van der Waals surface area contributed by atoms with Gasteiger partial charge in [-0.1, -0.05) is 30.3 Å². The molecule has 5 rings (SSSR count). The number of aromatic hydroxyl groups is 1. The SMILES string of the molecule is Cc1cc(Oc2ccccc2O)ccc1-n1nc2c(c1N)c(=O)[nH]c1ccccc12. The molecular formula is C23H18N4O3. The molecule has 0 aliphatic carbocycles. The normalized spacial score (nSPS) is 11.2. The van der Waals surface area contributed by atoms with Crippen molar-refractivity contribution in [2.75, 3.05) is 5.73 Å². The van der Waals surface area contributed by atoms with Crippen LogP contribution >= 0.6 is 0 Å². The Balaban J connectivity index is 1.63. The fourth-order valence-corrected chi connectivity index (χ4v) is 3.61. The number of nitrogens with one attached hydrogen (secondary N) is 1. The molecule has 30 heavy (non-hydrogen) atoms. The van der Waals surface area contributed by atoms with Crippen LogP contribution in [0.2, 0.25) is 0 Å². The Labute approximate surface area is 171 Å². The molecule has 2 heterocycles. The van der Waals surface area contributed by atoms with Gasteiger partial charge in [0.1, 0.15) is 22.5 Å². The lowest BCUT2D eigenvalue weighted by Crippen LogP contribution is -2.08. The quantitative estimate of drug-likeness (QED) is 0.421. The second-order valence-corrected chi connectivity index (χ2v) is 7.04. The minimum atomic E-state index is -0.274. The van der Waals surface area contributed by atoms with Gasteiger partial charge in [0.25, 0.3) is 5.56 Å². The van der Waals surface area contributed by atoms with Gasteiger partial charge >= 0.3 is 0 Å². The summed E-state index contributed by atoms with van der Waals surface area (Å²) < 4.78 is 7.36. The Morgan fingerprint density at radius 1 is 1.07 bits per heavy atom. The van der Waals surface area contributed by atoms with Crippen LogP contribution in [0, 0.1) is 6.92 Å². The highest BCUT2D eigenvalue weighted by molar-refractivity contribution is 6.06. The van der Waals surface area contributed by atoms with Crippen molar-refractivity contribution in [2.24, 2.45) is 0 Å². The van der Waals surface area contributed by atoms with Crippen LogP contribution in [0.15, 0.2) is 71.5 Å². The van der Waals surface area contributed by atoms with Gasteiger partial charge in [0, 0.05) is 5.39 Å². The molecule has 0 unspecified atom stereocenters. The number of aromatic nitrogens is 3. The number of aryl methyl sites for hydroxylation is 1. The molecule has 0 aliphatic heterocycles. The molecule has 0 amide bonds. The summed E-state index contributed by atoms with van der Waals surface area (Å²) in [6.45, 7) is 1.90. The van der Waals surface area contributed by atoms with Crippen molar-refractivity contribution in [3.05, 3.63) is 82.6 Å². The molecule has 3 aromatic carbocycles. The van der Waals surface area contributed by atoms with Crippen LogP contribution in [0.5, 0.6) is 17.2 Å². The largest absolute Gasteiger partial charge is 0.504 e. The van der Waals surface area contributed by atoms with E-state index in [0.717, 1.165) is 16.6 Å². The summed E-state index contributed by atoms with van der Waals surface area (Å²) in [7, 11) is 0. The topological polar surface area (TPSA) is 106 Å². The molecule has 4 N–H and O–H groups in total. The summed E-state index contributed by atoms with van der Waals surface area (Å²) >= 11 is 0. The van der Waals surface area contributed by atoms with Gasteiger partial charge in [0.2, 0.25) is 0 Å². The van der Waals surface area contributed by atoms with Gasteiger partial charge in [-0.25, -0.2) is 4.68 Å². The van der Waals surface area contributed by atoms with Gasteiger partial charge in [0.05, 0.1) is 11.2 Å². The smallest absolute Gasteiger partial charge is 0.261 e. The summed E-state index contributed by atoms with van der Waals surface area (Å²) in [4.78, 5) is 15.5. The molecule has 0 spiro atoms. The molecule has 0 fully saturated rings. The van der Waals surface area contributed by atoms with Crippen molar-refractivity contribution in [3.63, 3.8) is 0 Å². The Morgan fingerprint density at radius 3 is 2.63 bits per heavy atom. The lowest BCUT2D eigenvalue weighted by atomic mass is 10.1. The van der Waals surface area contributed by atoms with E-state index in [1.807, 2.05) is 43.3 Å². The van der Waals surface area contributed by atoms with E-state index in [1.54, 1.807) is 35.0 Å². The summed E-state index contributed by atoms with van der Waals surface area (Å²) in [5, 5.41) is 15.8. The number of fused-ring (bicyclic) bond motifs is 3. The zero-order chi connectivity index (χ0) is 20.8. The number of aromatic amines is 1. The highest BCUT2D eigenvalue weighted by Gasteiger charge is 2.17. The van der Waals surface area contributed by atoms with Gasteiger partial charge < -0.3 is 20.6 Å². The number of para-hydroxylation sites is 3. The van der Waals surface area contributed by atoms with Gasteiger partial charge in [-0.15, -0.1) is 0 Å².